The summed E-state index contributed by atoms with van der Waals surface area (Å²) in [4.78, 5) is 24.8. The molecular formula is C13H24N2O4. The van der Waals surface area contributed by atoms with Gasteiger partial charge in [0.1, 0.15) is 6.04 Å². The molecule has 0 radical (unpaired) electrons. The van der Waals surface area contributed by atoms with E-state index in [4.69, 9.17) is 9.84 Å². The van der Waals surface area contributed by atoms with E-state index in [1.807, 2.05) is 27.7 Å². The molecule has 1 fully saturated rings. The molecule has 0 bridgehead atoms. The van der Waals surface area contributed by atoms with Gasteiger partial charge in [0.15, 0.2) is 0 Å². The first-order valence-electron chi connectivity index (χ1n) is 6.71. The lowest BCUT2D eigenvalue weighted by Gasteiger charge is -2.41. The summed E-state index contributed by atoms with van der Waals surface area (Å²) in [5, 5.41) is 11.6. The predicted molar refractivity (Wildman–Crippen MR) is 71.1 cm³/mol. The van der Waals surface area contributed by atoms with E-state index >= 15 is 0 Å². The maximum absolute atomic E-state index is 12.1. The average Bonchev–Trinajstić information content (AvgIpc) is 2.25. The Hall–Kier alpha value is -1.30. The summed E-state index contributed by atoms with van der Waals surface area (Å²) >= 11 is 0. The van der Waals surface area contributed by atoms with Gasteiger partial charge in [-0.25, -0.2) is 9.59 Å². The van der Waals surface area contributed by atoms with Crippen molar-refractivity contribution in [3.05, 3.63) is 0 Å². The number of carbonyl (C=O) groups excluding carboxylic acids is 1. The molecule has 1 unspecified atom stereocenters. The minimum Gasteiger partial charge on any atom is -0.480 e. The van der Waals surface area contributed by atoms with E-state index < -0.39 is 17.6 Å². The number of urea groups is 1. The first-order valence-corrected chi connectivity index (χ1v) is 6.71. The summed E-state index contributed by atoms with van der Waals surface area (Å²) in [6.45, 7) is 8.58. The number of carboxylic acids is 1. The summed E-state index contributed by atoms with van der Waals surface area (Å²) in [6.07, 6.45) is 1.09. The van der Waals surface area contributed by atoms with Crippen LogP contribution in [0, 0.1) is 0 Å². The number of amides is 2. The van der Waals surface area contributed by atoms with Crippen LogP contribution in [0.1, 0.15) is 40.5 Å². The zero-order valence-electron chi connectivity index (χ0n) is 12.1. The second kappa shape index (κ2) is 6.23. The van der Waals surface area contributed by atoms with Gasteiger partial charge in [0.2, 0.25) is 0 Å². The predicted octanol–water partition coefficient (Wildman–Crippen LogP) is 1.45. The van der Waals surface area contributed by atoms with Gasteiger partial charge < -0.3 is 20.1 Å². The normalized spacial score (nSPS) is 23.8. The third kappa shape index (κ3) is 4.70. The molecule has 2 N–H and O–H groups in total. The number of carboxylic acid groups (broad SMARTS) is 1. The standard InChI is InChI=1S/C13H24N2O4/c1-5-6-10(11(16)17)14-12(18)15-7-9(2)19-13(3,4)8-15/h9-10H,5-8H2,1-4H3,(H,14,18)(H,16,17)/t9?,10-/m1/s1. The fraction of sp³-hybridized carbons (Fsp3) is 0.846. The maximum atomic E-state index is 12.1. The molecule has 2 amide bonds. The molecule has 0 aromatic heterocycles. The van der Waals surface area contributed by atoms with Gasteiger partial charge >= 0.3 is 12.0 Å². The van der Waals surface area contributed by atoms with Gasteiger partial charge in [-0.15, -0.1) is 0 Å². The van der Waals surface area contributed by atoms with Crippen molar-refractivity contribution >= 4 is 12.0 Å². The Morgan fingerprint density at radius 1 is 1.53 bits per heavy atom. The third-order valence-corrected chi connectivity index (χ3v) is 3.03. The monoisotopic (exact) mass is 272 g/mol. The van der Waals surface area contributed by atoms with E-state index in [-0.39, 0.29) is 12.1 Å². The quantitative estimate of drug-likeness (QED) is 0.812. The molecule has 0 aliphatic carbocycles. The van der Waals surface area contributed by atoms with Crippen molar-refractivity contribution in [3.8, 4) is 0 Å². The van der Waals surface area contributed by atoms with Crippen molar-refractivity contribution in [2.45, 2.75) is 58.3 Å². The number of ether oxygens (including phenoxy) is 1. The fourth-order valence-corrected chi connectivity index (χ4v) is 2.39. The third-order valence-electron chi connectivity index (χ3n) is 3.03. The molecule has 1 saturated heterocycles. The highest BCUT2D eigenvalue weighted by atomic mass is 16.5. The van der Waals surface area contributed by atoms with Gasteiger partial charge in [0, 0.05) is 6.54 Å². The van der Waals surface area contributed by atoms with E-state index in [0.29, 0.717) is 25.9 Å². The second-order valence-electron chi connectivity index (χ2n) is 5.70. The lowest BCUT2D eigenvalue weighted by molar-refractivity contribution is -0.139. The topological polar surface area (TPSA) is 78.9 Å². The van der Waals surface area contributed by atoms with Crippen LogP contribution in [0.25, 0.3) is 0 Å². The van der Waals surface area contributed by atoms with Crippen LogP contribution >= 0.6 is 0 Å². The molecule has 110 valence electrons. The molecule has 0 aromatic carbocycles. The fourth-order valence-electron chi connectivity index (χ4n) is 2.39. The van der Waals surface area contributed by atoms with Gasteiger partial charge in [0.05, 0.1) is 18.2 Å². The second-order valence-corrected chi connectivity index (χ2v) is 5.70. The molecule has 6 heteroatoms. The summed E-state index contributed by atoms with van der Waals surface area (Å²) < 4.78 is 5.72. The molecule has 0 saturated carbocycles. The van der Waals surface area contributed by atoms with E-state index in [1.165, 1.54) is 0 Å². The van der Waals surface area contributed by atoms with Gasteiger partial charge in [-0.05, 0) is 27.2 Å². The highest BCUT2D eigenvalue weighted by Crippen LogP contribution is 2.20. The summed E-state index contributed by atoms with van der Waals surface area (Å²) in [5.41, 5.74) is -0.404. The highest BCUT2D eigenvalue weighted by molar-refractivity contribution is 5.82. The molecule has 0 spiro atoms. The molecule has 2 atom stereocenters. The number of aliphatic carboxylic acids is 1. The van der Waals surface area contributed by atoms with Crippen molar-refractivity contribution in [1.29, 1.82) is 0 Å². The molecule has 1 rings (SSSR count). The Kier molecular flexibility index (Phi) is 5.17. The number of hydrogen-bond donors (Lipinski definition) is 2. The molecule has 1 aliphatic rings. The number of rotatable bonds is 4. The Bertz CT molecular complexity index is 344. The van der Waals surface area contributed by atoms with Crippen LogP contribution < -0.4 is 5.32 Å². The van der Waals surface area contributed by atoms with Gasteiger partial charge in [-0.3, -0.25) is 0 Å². The minimum absolute atomic E-state index is 0.0519. The number of nitrogens with zero attached hydrogens (tertiary/aromatic N) is 1. The largest absolute Gasteiger partial charge is 0.480 e. The van der Waals surface area contributed by atoms with Crippen LogP contribution in [0.4, 0.5) is 4.79 Å². The van der Waals surface area contributed by atoms with E-state index in [0.717, 1.165) is 0 Å². The molecule has 1 heterocycles. The summed E-state index contributed by atoms with van der Waals surface area (Å²) in [7, 11) is 0. The molecular weight excluding hydrogens is 248 g/mol. The van der Waals surface area contributed by atoms with Crippen molar-refractivity contribution < 1.29 is 19.4 Å². The van der Waals surface area contributed by atoms with Crippen LogP contribution in [0.15, 0.2) is 0 Å². The first kappa shape index (κ1) is 15.8. The van der Waals surface area contributed by atoms with Gasteiger partial charge in [0.25, 0.3) is 0 Å². The summed E-state index contributed by atoms with van der Waals surface area (Å²) in [5.74, 6) is -0.990. The zero-order chi connectivity index (χ0) is 14.6. The molecule has 6 nitrogen and oxygen atoms in total. The Labute approximate surface area is 114 Å². The number of morpholine rings is 1. The number of carbonyl (C=O) groups is 2. The Balaban J connectivity index is 2.63. The minimum atomic E-state index is -0.990. The Morgan fingerprint density at radius 2 is 2.16 bits per heavy atom. The smallest absolute Gasteiger partial charge is 0.326 e. The van der Waals surface area contributed by atoms with Crippen molar-refractivity contribution in [1.82, 2.24) is 10.2 Å². The highest BCUT2D eigenvalue weighted by Gasteiger charge is 2.34. The lowest BCUT2D eigenvalue weighted by Crippen LogP contribution is -2.58. The summed E-state index contributed by atoms with van der Waals surface area (Å²) in [6, 6.07) is -1.15. The molecule has 0 aromatic rings. The van der Waals surface area contributed by atoms with Crippen LogP contribution in [-0.2, 0) is 9.53 Å². The molecule has 1 aliphatic heterocycles. The van der Waals surface area contributed by atoms with Crippen LogP contribution in [0.3, 0.4) is 0 Å². The Morgan fingerprint density at radius 3 is 2.63 bits per heavy atom. The van der Waals surface area contributed by atoms with Crippen molar-refractivity contribution in [2.24, 2.45) is 0 Å². The number of nitrogens with one attached hydrogen (secondary N) is 1. The van der Waals surface area contributed by atoms with E-state index in [1.54, 1.807) is 4.90 Å². The van der Waals surface area contributed by atoms with Gasteiger partial charge in [-0.1, -0.05) is 13.3 Å². The van der Waals surface area contributed by atoms with Crippen molar-refractivity contribution in [3.63, 3.8) is 0 Å². The van der Waals surface area contributed by atoms with E-state index in [2.05, 4.69) is 5.32 Å². The first-order chi connectivity index (χ1) is 8.75. The van der Waals surface area contributed by atoms with Crippen LogP contribution in [-0.4, -0.2) is 52.8 Å². The lowest BCUT2D eigenvalue weighted by atomic mass is 10.1. The van der Waals surface area contributed by atoms with E-state index in [9.17, 15) is 9.59 Å². The van der Waals surface area contributed by atoms with Gasteiger partial charge in [-0.2, -0.15) is 0 Å². The van der Waals surface area contributed by atoms with Crippen LogP contribution in [0.5, 0.6) is 0 Å². The van der Waals surface area contributed by atoms with Crippen LogP contribution in [0.2, 0.25) is 0 Å². The average molecular weight is 272 g/mol. The number of hydrogen-bond acceptors (Lipinski definition) is 3. The SMILES string of the molecule is CCC[C@@H](NC(=O)N1CC(C)OC(C)(C)C1)C(=O)O. The maximum Gasteiger partial charge on any atom is 0.326 e. The zero-order valence-corrected chi connectivity index (χ0v) is 12.1. The molecule has 19 heavy (non-hydrogen) atoms. The van der Waals surface area contributed by atoms with Crippen molar-refractivity contribution in [2.75, 3.05) is 13.1 Å².